The average Bonchev–Trinajstić information content (AvgIpc) is 3.47. The largest absolute Gasteiger partial charge is 0.487 e. The van der Waals surface area contributed by atoms with E-state index in [1.807, 2.05) is 42.6 Å². The van der Waals surface area contributed by atoms with Gasteiger partial charge in [-0.3, -0.25) is 0 Å². The predicted molar refractivity (Wildman–Crippen MR) is 114 cm³/mol. The van der Waals surface area contributed by atoms with E-state index in [-0.39, 0.29) is 0 Å². The third-order valence-electron chi connectivity index (χ3n) is 4.73. The average molecular weight is 371 g/mol. The molecule has 4 nitrogen and oxygen atoms in total. The summed E-state index contributed by atoms with van der Waals surface area (Å²) in [6.45, 7) is 2.73. The van der Waals surface area contributed by atoms with Crippen molar-refractivity contribution in [2.45, 2.75) is 32.8 Å². The number of aliphatic imine (C=N–C) groups is 1. The molecule has 2 N–H and O–H groups in total. The van der Waals surface area contributed by atoms with E-state index >= 15 is 0 Å². The highest BCUT2D eigenvalue weighted by Gasteiger charge is 2.18. The molecule has 0 amide bonds. The molecule has 0 saturated carbocycles. The minimum Gasteiger partial charge on any atom is -0.487 e. The smallest absolute Gasteiger partial charge is 0.147 e. The highest BCUT2D eigenvalue weighted by molar-refractivity contribution is 6.11. The van der Waals surface area contributed by atoms with Crippen LogP contribution >= 0.6 is 0 Å². The third-order valence-corrected chi connectivity index (χ3v) is 4.73. The topological polar surface area (TPSA) is 53.2 Å². The first-order chi connectivity index (χ1) is 13.8. The maximum atomic E-state index is 6.12. The number of unbranched alkanes of at least 4 members (excludes halogenated alkanes) is 1. The molecule has 1 aliphatic heterocycles. The maximum Gasteiger partial charge on any atom is 0.147 e. The number of hydrogen-bond acceptors (Lipinski definition) is 2. The quantitative estimate of drug-likeness (QED) is 0.530. The molecule has 142 valence electrons. The van der Waals surface area contributed by atoms with Crippen LogP contribution in [0.5, 0.6) is 0 Å². The van der Waals surface area contributed by atoms with Gasteiger partial charge in [0.2, 0.25) is 0 Å². The van der Waals surface area contributed by atoms with Crippen molar-refractivity contribution in [3.63, 3.8) is 0 Å². The summed E-state index contributed by atoms with van der Waals surface area (Å²) >= 11 is 0. The second-order valence-electron chi connectivity index (χ2n) is 6.94. The first kappa shape index (κ1) is 18.1. The van der Waals surface area contributed by atoms with Crippen molar-refractivity contribution in [2.24, 2.45) is 4.99 Å². The zero-order chi connectivity index (χ0) is 19.2. The number of benzene rings is 1. The van der Waals surface area contributed by atoms with Gasteiger partial charge in [-0.25, -0.2) is 4.99 Å². The molecule has 0 radical (unpaired) electrons. The third kappa shape index (κ3) is 4.34. The van der Waals surface area contributed by atoms with Crippen LogP contribution in [0.1, 0.15) is 42.4 Å². The van der Waals surface area contributed by atoms with Gasteiger partial charge in [0.15, 0.2) is 0 Å². The molecule has 0 unspecified atom stereocenters. The van der Waals surface area contributed by atoms with Crippen LogP contribution in [0.25, 0.3) is 6.08 Å². The number of aromatic amines is 2. The number of rotatable bonds is 8. The summed E-state index contributed by atoms with van der Waals surface area (Å²) in [6.07, 6.45) is 9.42. The fourth-order valence-electron chi connectivity index (χ4n) is 3.20. The van der Waals surface area contributed by atoms with E-state index in [1.165, 1.54) is 18.5 Å². The molecule has 2 aromatic heterocycles. The van der Waals surface area contributed by atoms with Crippen LogP contribution in [0.15, 0.2) is 83.3 Å². The van der Waals surface area contributed by atoms with Gasteiger partial charge < -0.3 is 14.7 Å². The van der Waals surface area contributed by atoms with Crippen molar-refractivity contribution in [3.8, 4) is 0 Å². The first-order valence-corrected chi connectivity index (χ1v) is 9.82. The lowest BCUT2D eigenvalue weighted by atomic mass is 10.2. The highest BCUT2D eigenvalue weighted by atomic mass is 16.5. The van der Waals surface area contributed by atoms with Gasteiger partial charge in [0, 0.05) is 23.7 Å². The van der Waals surface area contributed by atoms with E-state index < -0.39 is 0 Å². The van der Waals surface area contributed by atoms with Crippen LogP contribution in [-0.4, -0.2) is 15.7 Å². The van der Waals surface area contributed by atoms with Gasteiger partial charge in [-0.15, -0.1) is 0 Å². The molecule has 0 fully saturated rings. The summed E-state index contributed by atoms with van der Waals surface area (Å²) in [5.41, 5.74) is 6.15. The van der Waals surface area contributed by atoms with Crippen molar-refractivity contribution < 1.29 is 4.74 Å². The van der Waals surface area contributed by atoms with Crippen LogP contribution in [0.2, 0.25) is 0 Å². The standard InChI is InChI=1S/C24H25N3O/c1-2-3-10-19-12-13-20(26-19)15-23-24(28-17-18-8-5-4-6-9-18)16-22(27-23)21-11-7-14-25-21/h4-9,11-16,25-26H,2-3,10,17H2,1H3/b23-15-. The number of nitrogens with zero attached hydrogens (tertiary/aromatic N) is 1. The zero-order valence-electron chi connectivity index (χ0n) is 16.1. The van der Waals surface area contributed by atoms with Crippen LogP contribution in [-0.2, 0) is 17.8 Å². The van der Waals surface area contributed by atoms with Gasteiger partial charge >= 0.3 is 0 Å². The summed E-state index contributed by atoms with van der Waals surface area (Å²) in [5, 5.41) is 0. The first-order valence-electron chi connectivity index (χ1n) is 9.82. The minimum atomic E-state index is 0.518. The predicted octanol–water partition coefficient (Wildman–Crippen LogP) is 5.63. The van der Waals surface area contributed by atoms with E-state index in [0.717, 1.165) is 40.5 Å². The Labute approximate surface area is 165 Å². The molecule has 1 aromatic carbocycles. The van der Waals surface area contributed by atoms with Gasteiger partial charge in [0.05, 0.1) is 11.4 Å². The Bertz CT molecular complexity index is 992. The van der Waals surface area contributed by atoms with E-state index in [2.05, 4.69) is 47.2 Å². The normalized spacial score (nSPS) is 15.0. The van der Waals surface area contributed by atoms with Crippen LogP contribution < -0.4 is 0 Å². The van der Waals surface area contributed by atoms with E-state index in [1.54, 1.807) is 0 Å². The van der Waals surface area contributed by atoms with Crippen molar-refractivity contribution in [3.05, 3.63) is 101 Å². The zero-order valence-corrected chi connectivity index (χ0v) is 16.1. The summed E-state index contributed by atoms with van der Waals surface area (Å²) in [6, 6.07) is 18.4. The Morgan fingerprint density at radius 1 is 1.04 bits per heavy atom. The lowest BCUT2D eigenvalue weighted by molar-refractivity contribution is 0.208. The number of H-pyrrole nitrogens is 2. The van der Waals surface area contributed by atoms with Gasteiger partial charge in [-0.1, -0.05) is 43.7 Å². The molecule has 28 heavy (non-hydrogen) atoms. The number of aryl methyl sites for hydroxylation is 1. The van der Waals surface area contributed by atoms with Crippen LogP contribution in [0.4, 0.5) is 0 Å². The van der Waals surface area contributed by atoms with Crippen molar-refractivity contribution in [1.82, 2.24) is 9.97 Å². The Balaban J connectivity index is 1.56. The summed E-state index contributed by atoms with van der Waals surface area (Å²) < 4.78 is 6.12. The molecule has 0 atom stereocenters. The second-order valence-corrected chi connectivity index (χ2v) is 6.94. The molecule has 3 aromatic rings. The van der Waals surface area contributed by atoms with Gasteiger partial charge in [-0.2, -0.15) is 0 Å². The van der Waals surface area contributed by atoms with E-state index in [4.69, 9.17) is 9.73 Å². The number of aromatic nitrogens is 2. The Morgan fingerprint density at radius 2 is 1.93 bits per heavy atom. The molecule has 0 bridgehead atoms. The summed E-state index contributed by atoms with van der Waals surface area (Å²) in [7, 11) is 0. The molecule has 3 heterocycles. The Kier molecular flexibility index (Phi) is 5.57. The molecule has 4 heteroatoms. The lowest BCUT2D eigenvalue weighted by Gasteiger charge is -2.07. The van der Waals surface area contributed by atoms with Crippen molar-refractivity contribution in [2.75, 3.05) is 0 Å². The maximum absolute atomic E-state index is 6.12. The van der Waals surface area contributed by atoms with Gasteiger partial charge in [0.25, 0.3) is 0 Å². The van der Waals surface area contributed by atoms with Gasteiger partial charge in [-0.05, 0) is 48.7 Å². The number of nitrogens with one attached hydrogen (secondary N) is 2. The van der Waals surface area contributed by atoms with Gasteiger partial charge in [0.1, 0.15) is 18.1 Å². The molecular weight excluding hydrogens is 346 g/mol. The van der Waals surface area contributed by atoms with Crippen LogP contribution in [0.3, 0.4) is 0 Å². The van der Waals surface area contributed by atoms with E-state index in [9.17, 15) is 0 Å². The number of ether oxygens (including phenoxy) is 1. The SMILES string of the molecule is CCCCc1ccc(/C=C2\N=C(c3ccc[nH]3)C=C2OCc2ccccc2)[nH]1. The highest BCUT2D eigenvalue weighted by Crippen LogP contribution is 2.26. The van der Waals surface area contributed by atoms with Crippen LogP contribution in [0, 0.1) is 0 Å². The van der Waals surface area contributed by atoms with Crippen molar-refractivity contribution in [1.29, 1.82) is 0 Å². The molecule has 4 rings (SSSR count). The molecule has 0 spiro atoms. The monoisotopic (exact) mass is 371 g/mol. The minimum absolute atomic E-state index is 0.518. The molecular formula is C24H25N3O. The second kappa shape index (κ2) is 8.61. The number of allylic oxidation sites excluding steroid dienone is 1. The summed E-state index contributed by atoms with van der Waals surface area (Å²) in [4.78, 5) is 11.5. The lowest BCUT2D eigenvalue weighted by Crippen LogP contribution is -1.95. The number of hydrogen-bond donors (Lipinski definition) is 2. The molecule has 0 aliphatic carbocycles. The van der Waals surface area contributed by atoms with E-state index in [0.29, 0.717) is 6.61 Å². The fraction of sp³-hybridized carbons (Fsp3) is 0.208. The Morgan fingerprint density at radius 3 is 2.71 bits per heavy atom. The molecule has 1 aliphatic rings. The Hall–Kier alpha value is -3.27. The molecule has 0 saturated heterocycles. The van der Waals surface area contributed by atoms with Crippen molar-refractivity contribution >= 4 is 11.8 Å². The summed E-state index contributed by atoms with van der Waals surface area (Å²) in [5.74, 6) is 0.790. The fourth-order valence-corrected chi connectivity index (χ4v) is 3.20.